The second kappa shape index (κ2) is 12.1. The number of rotatable bonds is 12. The Morgan fingerprint density at radius 3 is 2.46 bits per heavy atom. The van der Waals surface area contributed by atoms with Crippen molar-refractivity contribution in [1.29, 1.82) is 0 Å². The molecule has 0 bridgehead atoms. The average Bonchev–Trinajstić information content (AvgIpc) is 2.55. The lowest BCUT2D eigenvalue weighted by molar-refractivity contribution is 0.00226. The van der Waals surface area contributed by atoms with Crippen molar-refractivity contribution in [3.8, 4) is 0 Å². The van der Waals surface area contributed by atoms with Crippen molar-refractivity contribution in [2.24, 2.45) is 5.92 Å². The molecule has 0 amide bonds. The van der Waals surface area contributed by atoms with Gasteiger partial charge in [-0.05, 0) is 36.8 Å². The van der Waals surface area contributed by atoms with Gasteiger partial charge in [0.25, 0.3) is 0 Å². The van der Waals surface area contributed by atoms with Gasteiger partial charge < -0.3 is 9.47 Å². The zero-order chi connectivity index (χ0) is 17.8. The largest absolute Gasteiger partial charge is 0.456 e. The van der Waals surface area contributed by atoms with Crippen LogP contribution in [0.5, 0.6) is 0 Å². The highest BCUT2D eigenvalue weighted by Gasteiger charge is 2.18. The summed E-state index contributed by atoms with van der Waals surface area (Å²) in [5.74, 6) is 0.538. The van der Waals surface area contributed by atoms with Crippen LogP contribution in [-0.4, -0.2) is 25.8 Å². The molecule has 0 aliphatic carbocycles. The highest BCUT2D eigenvalue weighted by molar-refractivity contribution is 5.91. The molecule has 1 aromatic carbocycles. The molecule has 136 valence electrons. The van der Waals surface area contributed by atoms with E-state index >= 15 is 0 Å². The number of carbonyl (C=O) groups is 1. The number of ether oxygens (including phenoxy) is 2. The quantitative estimate of drug-likeness (QED) is 0.378. The zero-order valence-corrected chi connectivity index (χ0v) is 15.8. The second-order valence-electron chi connectivity index (χ2n) is 6.92. The van der Waals surface area contributed by atoms with Crippen LogP contribution in [0.2, 0.25) is 0 Å². The zero-order valence-electron chi connectivity index (χ0n) is 15.8. The Labute approximate surface area is 147 Å². The van der Waals surface area contributed by atoms with Gasteiger partial charge in [-0.15, -0.1) is 0 Å². The van der Waals surface area contributed by atoms with Crippen molar-refractivity contribution < 1.29 is 14.3 Å². The predicted octanol–water partition coefficient (Wildman–Crippen LogP) is 5.42. The Kier molecular flexibility index (Phi) is 10.4. The molecular formula is C21H34O3. The maximum atomic E-state index is 12.5. The molecule has 24 heavy (non-hydrogen) atoms. The SMILES string of the molecule is CCCc1ccccc1C(=O)OC(CCCCCC(C)C)COC. The van der Waals surface area contributed by atoms with Crippen LogP contribution in [0, 0.1) is 5.92 Å². The first-order valence-corrected chi connectivity index (χ1v) is 9.36. The smallest absolute Gasteiger partial charge is 0.338 e. The van der Waals surface area contributed by atoms with Gasteiger partial charge in [-0.1, -0.05) is 64.7 Å². The highest BCUT2D eigenvalue weighted by Crippen LogP contribution is 2.16. The number of hydrogen-bond acceptors (Lipinski definition) is 3. The fourth-order valence-electron chi connectivity index (χ4n) is 2.89. The van der Waals surface area contributed by atoms with Gasteiger partial charge in [0.1, 0.15) is 6.10 Å². The van der Waals surface area contributed by atoms with Crippen LogP contribution < -0.4 is 0 Å². The van der Waals surface area contributed by atoms with Crippen molar-refractivity contribution in [2.75, 3.05) is 13.7 Å². The molecule has 3 heteroatoms. The summed E-state index contributed by atoms with van der Waals surface area (Å²) < 4.78 is 11.0. The molecule has 3 nitrogen and oxygen atoms in total. The topological polar surface area (TPSA) is 35.5 Å². The minimum Gasteiger partial charge on any atom is -0.456 e. The summed E-state index contributed by atoms with van der Waals surface area (Å²) in [5.41, 5.74) is 1.76. The van der Waals surface area contributed by atoms with Gasteiger partial charge in [-0.3, -0.25) is 0 Å². The van der Waals surface area contributed by atoms with Gasteiger partial charge >= 0.3 is 5.97 Å². The predicted molar refractivity (Wildman–Crippen MR) is 99.4 cm³/mol. The van der Waals surface area contributed by atoms with Crippen LogP contribution in [-0.2, 0) is 15.9 Å². The maximum absolute atomic E-state index is 12.5. The summed E-state index contributed by atoms with van der Waals surface area (Å²) in [6.45, 7) is 7.09. The minimum atomic E-state index is -0.219. The number of aryl methyl sites for hydroxylation is 1. The van der Waals surface area contributed by atoms with E-state index in [-0.39, 0.29) is 12.1 Å². The number of benzene rings is 1. The molecule has 0 aliphatic heterocycles. The molecule has 0 heterocycles. The lowest BCUT2D eigenvalue weighted by Crippen LogP contribution is -2.24. The third kappa shape index (κ3) is 7.96. The van der Waals surface area contributed by atoms with E-state index < -0.39 is 0 Å². The molecule has 0 aliphatic rings. The number of carbonyl (C=O) groups excluding carboxylic acids is 1. The van der Waals surface area contributed by atoms with Gasteiger partial charge in [-0.25, -0.2) is 4.79 Å². The fourth-order valence-corrected chi connectivity index (χ4v) is 2.89. The Hall–Kier alpha value is -1.35. The van der Waals surface area contributed by atoms with Gasteiger partial charge in [0.05, 0.1) is 12.2 Å². The van der Waals surface area contributed by atoms with E-state index in [9.17, 15) is 4.79 Å². The number of unbranched alkanes of at least 4 members (excludes halogenated alkanes) is 2. The molecule has 0 N–H and O–H groups in total. The maximum Gasteiger partial charge on any atom is 0.338 e. The van der Waals surface area contributed by atoms with Crippen LogP contribution in [0.3, 0.4) is 0 Å². The van der Waals surface area contributed by atoms with Crippen molar-refractivity contribution in [2.45, 2.75) is 71.8 Å². The van der Waals surface area contributed by atoms with Crippen molar-refractivity contribution in [3.63, 3.8) is 0 Å². The second-order valence-corrected chi connectivity index (χ2v) is 6.92. The summed E-state index contributed by atoms with van der Waals surface area (Å²) in [7, 11) is 1.66. The van der Waals surface area contributed by atoms with E-state index in [2.05, 4.69) is 20.8 Å². The Balaban J connectivity index is 2.53. The lowest BCUT2D eigenvalue weighted by Gasteiger charge is -2.18. The molecule has 1 rings (SSSR count). The Morgan fingerprint density at radius 1 is 1.08 bits per heavy atom. The van der Waals surface area contributed by atoms with E-state index in [1.54, 1.807) is 7.11 Å². The molecule has 0 saturated carbocycles. The molecule has 1 atom stereocenters. The van der Waals surface area contributed by atoms with Gasteiger partial charge in [0.15, 0.2) is 0 Å². The van der Waals surface area contributed by atoms with Crippen molar-refractivity contribution in [1.82, 2.24) is 0 Å². The van der Waals surface area contributed by atoms with Gasteiger partial charge in [0, 0.05) is 7.11 Å². The molecule has 0 saturated heterocycles. The van der Waals surface area contributed by atoms with E-state index in [4.69, 9.17) is 9.47 Å². The summed E-state index contributed by atoms with van der Waals surface area (Å²) in [4.78, 5) is 12.5. The lowest BCUT2D eigenvalue weighted by atomic mass is 10.0. The summed E-state index contributed by atoms with van der Waals surface area (Å²) in [5, 5.41) is 0. The van der Waals surface area contributed by atoms with Crippen LogP contribution in [0.25, 0.3) is 0 Å². The Bertz CT molecular complexity index is 468. The van der Waals surface area contributed by atoms with Crippen LogP contribution in [0.4, 0.5) is 0 Å². The fraction of sp³-hybridized carbons (Fsp3) is 0.667. The van der Waals surface area contributed by atoms with Crippen molar-refractivity contribution in [3.05, 3.63) is 35.4 Å². The average molecular weight is 334 g/mol. The Morgan fingerprint density at radius 2 is 1.79 bits per heavy atom. The first-order chi connectivity index (χ1) is 11.6. The molecule has 0 aromatic heterocycles. The van der Waals surface area contributed by atoms with E-state index in [0.717, 1.165) is 37.2 Å². The molecule has 0 radical (unpaired) electrons. The van der Waals surface area contributed by atoms with Gasteiger partial charge in [0.2, 0.25) is 0 Å². The third-order valence-corrected chi connectivity index (χ3v) is 4.19. The molecule has 1 unspecified atom stereocenters. The first-order valence-electron chi connectivity index (χ1n) is 9.36. The monoisotopic (exact) mass is 334 g/mol. The van der Waals surface area contributed by atoms with E-state index in [0.29, 0.717) is 12.2 Å². The summed E-state index contributed by atoms with van der Waals surface area (Å²) in [6.07, 6.45) is 7.39. The number of hydrogen-bond donors (Lipinski definition) is 0. The van der Waals surface area contributed by atoms with E-state index in [1.165, 1.54) is 19.3 Å². The molecular weight excluding hydrogens is 300 g/mol. The van der Waals surface area contributed by atoms with Crippen LogP contribution in [0.15, 0.2) is 24.3 Å². The summed E-state index contributed by atoms with van der Waals surface area (Å²) >= 11 is 0. The first kappa shape index (κ1) is 20.7. The van der Waals surface area contributed by atoms with Gasteiger partial charge in [-0.2, -0.15) is 0 Å². The van der Waals surface area contributed by atoms with Crippen LogP contribution >= 0.6 is 0 Å². The van der Waals surface area contributed by atoms with Crippen LogP contribution in [0.1, 0.15) is 75.2 Å². The molecule has 1 aromatic rings. The third-order valence-electron chi connectivity index (χ3n) is 4.19. The molecule has 0 spiro atoms. The van der Waals surface area contributed by atoms with Crippen molar-refractivity contribution >= 4 is 5.97 Å². The number of methoxy groups -OCH3 is 1. The summed E-state index contributed by atoms with van der Waals surface area (Å²) in [6, 6.07) is 7.74. The number of esters is 1. The normalized spacial score (nSPS) is 12.4. The minimum absolute atomic E-state index is 0.156. The highest BCUT2D eigenvalue weighted by atomic mass is 16.6. The van der Waals surface area contributed by atoms with E-state index in [1.807, 2.05) is 24.3 Å². The molecule has 0 fully saturated rings. The standard InChI is InChI=1S/C21H34O3/c1-5-11-18-13-9-10-15-20(18)21(22)24-19(16-23-4)14-8-6-7-12-17(2)3/h9-10,13,15,17,19H,5-8,11-12,14,16H2,1-4H3.